The quantitative estimate of drug-likeness (QED) is 0.116. The summed E-state index contributed by atoms with van der Waals surface area (Å²) < 4.78 is 0. The second kappa shape index (κ2) is 16.9. The van der Waals surface area contributed by atoms with Crippen LogP contribution in [0.1, 0.15) is 22.5 Å². The largest absolute Gasteiger partial charge is 0.293 e. The molecule has 262 valence electrons. The van der Waals surface area contributed by atoms with Crippen molar-refractivity contribution in [3.05, 3.63) is 168 Å². The standard InChI is InChI=1S/C42H32N10S2/c1-45-41(54-40(44)37-19-9-17-35(51-37)33-15-7-13-31(49-33)29-11-3-5-25-47-29)28-23-21-27(22-24-28)39(43)53-42(46-2)38-20-10-18-36(52-38)34-16-8-14-32(50-34)30-12-4-6-26-48-30/h3-26,43-44H,1-2H3. The molecule has 6 aromatic heterocycles. The van der Waals surface area contributed by atoms with Crippen molar-refractivity contribution in [2.24, 2.45) is 9.98 Å². The third-order valence-corrected chi connectivity index (χ3v) is 10.1. The number of aliphatic imine (C=N–C) groups is 2. The minimum absolute atomic E-state index is 0.253. The van der Waals surface area contributed by atoms with Crippen LogP contribution >= 0.6 is 23.5 Å². The first kappa shape index (κ1) is 35.9. The van der Waals surface area contributed by atoms with E-state index in [9.17, 15) is 0 Å². The summed E-state index contributed by atoms with van der Waals surface area (Å²) in [6.45, 7) is 0. The fraction of sp³-hybridized carbons (Fsp3) is 0.0476. The van der Waals surface area contributed by atoms with E-state index in [4.69, 9.17) is 30.8 Å². The van der Waals surface area contributed by atoms with Gasteiger partial charge < -0.3 is 0 Å². The van der Waals surface area contributed by atoms with Gasteiger partial charge in [-0.1, -0.05) is 60.7 Å². The van der Waals surface area contributed by atoms with Crippen molar-refractivity contribution in [1.29, 1.82) is 10.8 Å². The van der Waals surface area contributed by atoms with Gasteiger partial charge in [-0.05, 0) is 96.3 Å². The van der Waals surface area contributed by atoms with E-state index in [0.717, 1.165) is 39.6 Å². The smallest absolute Gasteiger partial charge is 0.122 e. The van der Waals surface area contributed by atoms with E-state index in [1.54, 1.807) is 26.5 Å². The summed E-state index contributed by atoms with van der Waals surface area (Å²) in [4.78, 5) is 37.0. The first-order valence-corrected chi connectivity index (χ1v) is 18.4. The second-order valence-corrected chi connectivity index (χ2v) is 13.6. The number of aromatic nitrogens is 6. The summed E-state index contributed by atoms with van der Waals surface area (Å²) in [7, 11) is 3.40. The number of benzene rings is 1. The number of nitrogens with one attached hydrogen (secondary N) is 2. The lowest BCUT2D eigenvalue weighted by molar-refractivity contribution is 1.21. The zero-order valence-corrected chi connectivity index (χ0v) is 30.9. The maximum Gasteiger partial charge on any atom is 0.122 e. The molecule has 0 bridgehead atoms. The number of hydrogen-bond donors (Lipinski definition) is 2. The first-order valence-electron chi connectivity index (χ1n) is 16.8. The van der Waals surface area contributed by atoms with Crippen LogP contribution in [0.4, 0.5) is 0 Å². The van der Waals surface area contributed by atoms with Crippen LogP contribution in [0.5, 0.6) is 0 Å². The van der Waals surface area contributed by atoms with Gasteiger partial charge in [0, 0.05) is 37.6 Å². The third-order valence-electron chi connectivity index (χ3n) is 8.03. The summed E-state index contributed by atoms with van der Waals surface area (Å²) in [5.41, 5.74) is 8.56. The molecule has 0 aliphatic carbocycles. The van der Waals surface area contributed by atoms with Gasteiger partial charge in [-0.15, -0.1) is 0 Å². The van der Waals surface area contributed by atoms with Gasteiger partial charge in [-0.3, -0.25) is 30.8 Å². The Labute approximate surface area is 321 Å². The predicted molar refractivity (Wildman–Crippen MR) is 222 cm³/mol. The maximum atomic E-state index is 8.90. The lowest BCUT2D eigenvalue weighted by Crippen LogP contribution is -2.07. The SMILES string of the molecule is CN=C(SC(=N)c1cccc(-c2cccc(-c3ccccn3)n2)n1)c1ccc(C(=N)SC(=NC)c2cccc(-c3cccc(-c4ccccn4)n3)n2)cc1. The molecule has 0 spiro atoms. The van der Waals surface area contributed by atoms with Crippen LogP contribution in [0.25, 0.3) is 45.6 Å². The predicted octanol–water partition coefficient (Wildman–Crippen LogP) is 8.99. The topological polar surface area (TPSA) is 150 Å². The van der Waals surface area contributed by atoms with Gasteiger partial charge in [0.25, 0.3) is 0 Å². The van der Waals surface area contributed by atoms with Crippen molar-refractivity contribution < 1.29 is 0 Å². The van der Waals surface area contributed by atoms with Crippen molar-refractivity contribution in [3.8, 4) is 45.6 Å². The van der Waals surface area contributed by atoms with Gasteiger partial charge in [0.2, 0.25) is 0 Å². The van der Waals surface area contributed by atoms with E-state index in [1.807, 2.05) is 133 Å². The summed E-state index contributed by atoms with van der Waals surface area (Å²) in [6.07, 6.45) is 3.49. The summed E-state index contributed by atoms with van der Waals surface area (Å²) in [5, 5.41) is 19.6. The first-order chi connectivity index (χ1) is 26.5. The van der Waals surface area contributed by atoms with Gasteiger partial charge in [0.1, 0.15) is 20.2 Å². The van der Waals surface area contributed by atoms with Crippen molar-refractivity contribution in [2.45, 2.75) is 0 Å². The monoisotopic (exact) mass is 740 g/mol. The number of hydrogen-bond acceptors (Lipinski definition) is 12. The Bertz CT molecular complexity index is 2500. The number of nitrogens with zero attached hydrogens (tertiary/aromatic N) is 8. The zero-order valence-electron chi connectivity index (χ0n) is 29.3. The van der Waals surface area contributed by atoms with Crippen LogP contribution in [0.3, 0.4) is 0 Å². The van der Waals surface area contributed by atoms with E-state index in [0.29, 0.717) is 43.6 Å². The number of rotatable bonds is 8. The van der Waals surface area contributed by atoms with Crippen molar-refractivity contribution in [2.75, 3.05) is 14.1 Å². The highest BCUT2D eigenvalue weighted by atomic mass is 32.2. The van der Waals surface area contributed by atoms with Crippen LogP contribution in [0, 0.1) is 10.8 Å². The molecular formula is C42H32N10S2. The van der Waals surface area contributed by atoms with E-state index in [1.165, 1.54) is 23.5 Å². The van der Waals surface area contributed by atoms with Gasteiger partial charge in [0.05, 0.1) is 56.9 Å². The van der Waals surface area contributed by atoms with Gasteiger partial charge in [-0.2, -0.15) is 0 Å². The summed E-state index contributed by atoms with van der Waals surface area (Å²) in [5.74, 6) is 0. The number of pyridine rings is 6. The molecule has 0 unspecified atom stereocenters. The lowest BCUT2D eigenvalue weighted by atomic mass is 10.1. The molecule has 0 aliphatic rings. The molecule has 7 rings (SSSR count). The Morgan fingerprint density at radius 3 is 1.31 bits per heavy atom. The average molecular weight is 741 g/mol. The minimum atomic E-state index is 0.253. The Kier molecular flexibility index (Phi) is 11.2. The van der Waals surface area contributed by atoms with Crippen LogP contribution in [0.2, 0.25) is 0 Å². The Balaban J connectivity index is 1.02. The summed E-state index contributed by atoms with van der Waals surface area (Å²) >= 11 is 2.46. The van der Waals surface area contributed by atoms with Crippen LogP contribution in [-0.4, -0.2) is 64.2 Å². The highest BCUT2D eigenvalue weighted by Gasteiger charge is 2.16. The molecule has 6 heterocycles. The van der Waals surface area contributed by atoms with Crippen LogP contribution in [-0.2, 0) is 0 Å². The normalized spacial score (nSPS) is 11.7. The molecule has 0 radical (unpaired) electrons. The molecular weight excluding hydrogens is 709 g/mol. The Morgan fingerprint density at radius 1 is 0.407 bits per heavy atom. The second-order valence-electron chi connectivity index (χ2n) is 11.6. The molecule has 0 aliphatic heterocycles. The number of thioether (sulfide) groups is 2. The lowest BCUT2D eigenvalue weighted by Gasteiger charge is -2.11. The molecule has 10 nitrogen and oxygen atoms in total. The van der Waals surface area contributed by atoms with Crippen molar-refractivity contribution in [1.82, 2.24) is 29.9 Å². The minimum Gasteiger partial charge on any atom is -0.293 e. The molecule has 1 aromatic carbocycles. The van der Waals surface area contributed by atoms with E-state index in [-0.39, 0.29) is 5.04 Å². The molecule has 0 amide bonds. The van der Waals surface area contributed by atoms with Crippen LogP contribution in [0.15, 0.2) is 156 Å². The van der Waals surface area contributed by atoms with Gasteiger partial charge in [0.15, 0.2) is 0 Å². The van der Waals surface area contributed by atoms with Crippen molar-refractivity contribution >= 4 is 43.7 Å². The maximum absolute atomic E-state index is 8.90. The van der Waals surface area contributed by atoms with Crippen molar-refractivity contribution in [3.63, 3.8) is 0 Å². The van der Waals surface area contributed by atoms with E-state index >= 15 is 0 Å². The molecule has 12 heteroatoms. The summed E-state index contributed by atoms with van der Waals surface area (Å²) in [6, 6.07) is 41.8. The molecule has 0 fully saturated rings. The zero-order chi connectivity index (χ0) is 37.3. The van der Waals surface area contributed by atoms with Gasteiger partial charge in [-0.25, -0.2) is 19.9 Å². The molecule has 0 saturated carbocycles. The highest BCUT2D eigenvalue weighted by molar-refractivity contribution is 8.27. The molecule has 0 saturated heterocycles. The molecule has 2 N–H and O–H groups in total. The van der Waals surface area contributed by atoms with E-state index in [2.05, 4.69) is 20.0 Å². The Morgan fingerprint density at radius 2 is 0.815 bits per heavy atom. The molecule has 54 heavy (non-hydrogen) atoms. The molecule has 7 aromatic rings. The Hall–Kier alpha value is -6.50. The fourth-order valence-electron chi connectivity index (χ4n) is 5.38. The molecule has 0 atom stereocenters. The van der Waals surface area contributed by atoms with E-state index < -0.39 is 0 Å². The third kappa shape index (κ3) is 8.41. The fourth-order valence-corrected chi connectivity index (χ4v) is 6.90. The van der Waals surface area contributed by atoms with Crippen LogP contribution < -0.4 is 0 Å². The van der Waals surface area contributed by atoms with Gasteiger partial charge >= 0.3 is 0 Å². The average Bonchev–Trinajstić information content (AvgIpc) is 3.25. The highest BCUT2D eigenvalue weighted by Crippen LogP contribution is 2.26.